The molecular formula is C16H16FNO3. The smallest absolute Gasteiger partial charge is 0.259 e. The predicted molar refractivity (Wildman–Crippen MR) is 78.6 cm³/mol. The minimum atomic E-state index is -0.359. The van der Waals surface area contributed by atoms with Gasteiger partial charge in [0.2, 0.25) is 0 Å². The number of amides is 1. The number of carbonyl (C=O) groups is 1. The Labute approximate surface area is 122 Å². The van der Waals surface area contributed by atoms with Gasteiger partial charge in [-0.2, -0.15) is 0 Å². The molecule has 0 aromatic heterocycles. The molecule has 1 amide bonds. The van der Waals surface area contributed by atoms with Crippen molar-refractivity contribution >= 4 is 11.6 Å². The molecule has 2 aromatic rings. The fourth-order valence-corrected chi connectivity index (χ4v) is 1.96. The Bertz CT molecular complexity index is 653. The molecule has 0 aliphatic heterocycles. The molecule has 5 heteroatoms. The quantitative estimate of drug-likeness (QED) is 0.938. The second-order valence-electron chi connectivity index (χ2n) is 4.48. The van der Waals surface area contributed by atoms with Crippen LogP contribution in [0.4, 0.5) is 10.1 Å². The van der Waals surface area contributed by atoms with Gasteiger partial charge in [0, 0.05) is 5.69 Å². The highest BCUT2D eigenvalue weighted by molar-refractivity contribution is 6.06. The first-order valence-corrected chi connectivity index (χ1v) is 6.34. The monoisotopic (exact) mass is 289 g/mol. The van der Waals surface area contributed by atoms with Crippen LogP contribution in [0.2, 0.25) is 0 Å². The van der Waals surface area contributed by atoms with Crippen LogP contribution < -0.4 is 14.8 Å². The maximum absolute atomic E-state index is 12.9. The van der Waals surface area contributed by atoms with Crippen molar-refractivity contribution in [1.29, 1.82) is 0 Å². The van der Waals surface area contributed by atoms with E-state index in [2.05, 4.69) is 5.32 Å². The van der Waals surface area contributed by atoms with Crippen LogP contribution in [0.3, 0.4) is 0 Å². The number of hydrogen-bond donors (Lipinski definition) is 1. The van der Waals surface area contributed by atoms with Crippen molar-refractivity contribution in [2.75, 3.05) is 19.5 Å². The number of methoxy groups -OCH3 is 2. The van der Waals surface area contributed by atoms with Gasteiger partial charge in [-0.3, -0.25) is 4.79 Å². The standard InChI is InChI=1S/C16H16FNO3/c1-10-8-15(21-3)13(9-14(10)20-2)16(19)18-12-6-4-11(17)5-7-12/h4-9H,1-3H3,(H,18,19). The van der Waals surface area contributed by atoms with Crippen LogP contribution in [0, 0.1) is 12.7 Å². The van der Waals surface area contributed by atoms with Crippen LogP contribution in [-0.4, -0.2) is 20.1 Å². The normalized spacial score (nSPS) is 10.1. The summed E-state index contributed by atoms with van der Waals surface area (Å²) in [5.74, 6) is 0.340. The van der Waals surface area contributed by atoms with E-state index in [4.69, 9.17) is 9.47 Å². The molecule has 0 saturated heterocycles. The van der Waals surface area contributed by atoms with E-state index in [0.29, 0.717) is 22.7 Å². The van der Waals surface area contributed by atoms with Crippen molar-refractivity contribution in [2.45, 2.75) is 6.92 Å². The molecule has 0 fully saturated rings. The molecule has 110 valence electrons. The molecule has 0 spiro atoms. The van der Waals surface area contributed by atoms with E-state index in [-0.39, 0.29) is 11.7 Å². The maximum Gasteiger partial charge on any atom is 0.259 e. The maximum atomic E-state index is 12.9. The lowest BCUT2D eigenvalue weighted by Crippen LogP contribution is -2.13. The predicted octanol–water partition coefficient (Wildman–Crippen LogP) is 3.40. The Morgan fingerprint density at radius 2 is 1.67 bits per heavy atom. The minimum absolute atomic E-state index is 0.350. The summed E-state index contributed by atoms with van der Waals surface area (Å²) in [4.78, 5) is 12.3. The molecule has 0 aliphatic rings. The van der Waals surface area contributed by atoms with E-state index in [1.807, 2.05) is 6.92 Å². The lowest BCUT2D eigenvalue weighted by molar-refractivity contribution is 0.102. The zero-order valence-electron chi connectivity index (χ0n) is 12.1. The summed E-state index contributed by atoms with van der Waals surface area (Å²) in [6.07, 6.45) is 0. The Morgan fingerprint density at radius 3 is 2.24 bits per heavy atom. The molecule has 21 heavy (non-hydrogen) atoms. The van der Waals surface area contributed by atoms with Gasteiger partial charge in [0.15, 0.2) is 0 Å². The molecule has 0 atom stereocenters. The third kappa shape index (κ3) is 3.31. The zero-order valence-corrected chi connectivity index (χ0v) is 12.1. The number of ether oxygens (including phenoxy) is 2. The first-order chi connectivity index (χ1) is 10.0. The number of anilines is 1. The van der Waals surface area contributed by atoms with Crippen molar-refractivity contribution in [3.63, 3.8) is 0 Å². The van der Waals surface area contributed by atoms with Gasteiger partial charge in [0.05, 0.1) is 19.8 Å². The Kier molecular flexibility index (Phi) is 4.42. The van der Waals surface area contributed by atoms with E-state index in [1.54, 1.807) is 12.1 Å². The van der Waals surface area contributed by atoms with Crippen LogP contribution in [0.5, 0.6) is 11.5 Å². The van der Waals surface area contributed by atoms with Gasteiger partial charge in [-0.1, -0.05) is 0 Å². The van der Waals surface area contributed by atoms with Gasteiger partial charge in [0.1, 0.15) is 17.3 Å². The Morgan fingerprint density at radius 1 is 1.05 bits per heavy atom. The van der Waals surface area contributed by atoms with Gasteiger partial charge >= 0.3 is 0 Å². The number of benzene rings is 2. The second kappa shape index (κ2) is 6.26. The fraction of sp³-hybridized carbons (Fsp3) is 0.188. The highest BCUT2D eigenvalue weighted by Crippen LogP contribution is 2.28. The van der Waals surface area contributed by atoms with Crippen LogP contribution in [-0.2, 0) is 0 Å². The fourth-order valence-electron chi connectivity index (χ4n) is 1.96. The summed E-state index contributed by atoms with van der Waals surface area (Å²) in [7, 11) is 3.03. The summed E-state index contributed by atoms with van der Waals surface area (Å²) < 4.78 is 23.3. The van der Waals surface area contributed by atoms with E-state index < -0.39 is 0 Å². The average molecular weight is 289 g/mol. The van der Waals surface area contributed by atoms with E-state index in [9.17, 15) is 9.18 Å². The molecule has 1 N–H and O–H groups in total. The summed E-state index contributed by atoms with van der Waals surface area (Å²) in [6.45, 7) is 1.86. The van der Waals surface area contributed by atoms with Crippen molar-refractivity contribution in [3.8, 4) is 11.5 Å². The second-order valence-corrected chi connectivity index (χ2v) is 4.48. The molecule has 4 nitrogen and oxygen atoms in total. The van der Waals surface area contributed by atoms with Crippen LogP contribution >= 0.6 is 0 Å². The van der Waals surface area contributed by atoms with Crippen molar-refractivity contribution in [1.82, 2.24) is 0 Å². The van der Waals surface area contributed by atoms with Gasteiger partial charge in [0.25, 0.3) is 5.91 Å². The number of rotatable bonds is 4. The highest BCUT2D eigenvalue weighted by atomic mass is 19.1. The van der Waals surface area contributed by atoms with Crippen molar-refractivity contribution in [2.24, 2.45) is 0 Å². The molecular weight excluding hydrogens is 273 g/mol. The molecule has 0 unspecified atom stereocenters. The molecule has 0 bridgehead atoms. The minimum Gasteiger partial charge on any atom is -0.496 e. The zero-order chi connectivity index (χ0) is 15.4. The Balaban J connectivity index is 2.31. The summed E-state index contributed by atoms with van der Waals surface area (Å²) in [5.41, 5.74) is 1.72. The van der Waals surface area contributed by atoms with E-state index >= 15 is 0 Å². The van der Waals surface area contributed by atoms with Gasteiger partial charge < -0.3 is 14.8 Å². The van der Waals surface area contributed by atoms with Crippen LogP contribution in [0.1, 0.15) is 15.9 Å². The topological polar surface area (TPSA) is 47.6 Å². The number of hydrogen-bond acceptors (Lipinski definition) is 3. The molecule has 2 rings (SSSR count). The number of halogens is 1. The Hall–Kier alpha value is -2.56. The van der Waals surface area contributed by atoms with Gasteiger partial charge in [-0.15, -0.1) is 0 Å². The van der Waals surface area contributed by atoms with Crippen molar-refractivity contribution in [3.05, 3.63) is 53.3 Å². The first-order valence-electron chi connectivity index (χ1n) is 6.34. The first kappa shape index (κ1) is 14.8. The molecule has 0 aliphatic carbocycles. The van der Waals surface area contributed by atoms with E-state index in [0.717, 1.165) is 5.56 Å². The average Bonchev–Trinajstić information content (AvgIpc) is 2.49. The summed E-state index contributed by atoms with van der Waals surface area (Å²) >= 11 is 0. The molecule has 0 heterocycles. The van der Waals surface area contributed by atoms with Crippen LogP contribution in [0.25, 0.3) is 0 Å². The SMILES string of the molecule is COc1cc(C(=O)Nc2ccc(F)cc2)c(OC)cc1C. The third-order valence-electron chi connectivity index (χ3n) is 3.06. The largest absolute Gasteiger partial charge is 0.496 e. The summed E-state index contributed by atoms with van der Waals surface area (Å²) in [6, 6.07) is 8.90. The van der Waals surface area contributed by atoms with Crippen LogP contribution in [0.15, 0.2) is 36.4 Å². The molecule has 2 aromatic carbocycles. The van der Waals surface area contributed by atoms with E-state index in [1.165, 1.54) is 38.5 Å². The number of nitrogens with one attached hydrogen (secondary N) is 1. The van der Waals surface area contributed by atoms with Gasteiger partial charge in [-0.25, -0.2) is 4.39 Å². The number of aryl methyl sites for hydroxylation is 1. The summed E-state index contributed by atoms with van der Waals surface area (Å²) in [5, 5.41) is 2.69. The number of carbonyl (C=O) groups excluding carboxylic acids is 1. The third-order valence-corrected chi connectivity index (χ3v) is 3.06. The van der Waals surface area contributed by atoms with Crippen molar-refractivity contribution < 1.29 is 18.7 Å². The highest BCUT2D eigenvalue weighted by Gasteiger charge is 2.15. The lowest BCUT2D eigenvalue weighted by atomic mass is 10.1. The van der Waals surface area contributed by atoms with Gasteiger partial charge in [-0.05, 0) is 48.9 Å². The molecule has 0 radical (unpaired) electrons. The lowest BCUT2D eigenvalue weighted by Gasteiger charge is -2.13. The molecule has 0 saturated carbocycles.